The minimum atomic E-state index is 0.0869. The van der Waals surface area contributed by atoms with Crippen LogP contribution >= 0.6 is 0 Å². The van der Waals surface area contributed by atoms with E-state index in [9.17, 15) is 4.79 Å². The lowest BCUT2D eigenvalue weighted by atomic mass is 9.68. The van der Waals surface area contributed by atoms with Crippen LogP contribution in [-0.2, 0) is 0 Å². The predicted molar refractivity (Wildman–Crippen MR) is 81.2 cm³/mol. The van der Waals surface area contributed by atoms with Crippen molar-refractivity contribution in [1.29, 1.82) is 0 Å². The number of carbonyl (C=O) groups excluding carboxylic acids is 1. The van der Waals surface area contributed by atoms with Gasteiger partial charge in [-0.2, -0.15) is 0 Å². The molecule has 1 saturated heterocycles. The first-order chi connectivity index (χ1) is 9.69. The van der Waals surface area contributed by atoms with Gasteiger partial charge in [0.25, 0.3) is 0 Å². The number of hydrogen-bond acceptors (Lipinski definition) is 3. The smallest absolute Gasteiger partial charge is 0.161 e. The second-order valence-electron chi connectivity index (χ2n) is 6.51. The second kappa shape index (κ2) is 5.55. The maximum absolute atomic E-state index is 11.3. The van der Waals surface area contributed by atoms with Gasteiger partial charge in [0.2, 0.25) is 0 Å². The monoisotopic (exact) mass is 272 g/mol. The van der Waals surface area contributed by atoms with E-state index in [1.165, 1.54) is 44.9 Å². The number of rotatable bonds is 2. The number of Topliss-reactive ketones (excluding diaryl/α,β-unsaturated/α-hetero) is 1. The molecule has 0 radical (unpaired) electrons. The Morgan fingerprint density at radius 1 is 1.10 bits per heavy atom. The van der Waals surface area contributed by atoms with E-state index in [0.717, 1.165) is 18.9 Å². The topological polar surface area (TPSA) is 33.2 Å². The van der Waals surface area contributed by atoms with Crippen molar-refractivity contribution in [1.82, 2.24) is 4.98 Å². The third kappa shape index (κ3) is 2.72. The highest BCUT2D eigenvalue weighted by molar-refractivity contribution is 5.93. The Balaban J connectivity index is 1.64. The quantitative estimate of drug-likeness (QED) is 0.767. The average molecular weight is 272 g/mol. The van der Waals surface area contributed by atoms with Gasteiger partial charge >= 0.3 is 0 Å². The van der Waals surface area contributed by atoms with Gasteiger partial charge in [0, 0.05) is 24.8 Å². The van der Waals surface area contributed by atoms with E-state index in [1.807, 2.05) is 12.1 Å². The molecule has 0 atom stereocenters. The SMILES string of the molecule is CC(=O)c1ccc(N2CCC3(CCCCC3)CC2)nc1. The second-order valence-corrected chi connectivity index (χ2v) is 6.51. The molecule has 2 aliphatic rings. The summed E-state index contributed by atoms with van der Waals surface area (Å²) in [6.45, 7) is 3.82. The Kier molecular flexibility index (Phi) is 3.77. The maximum atomic E-state index is 11.3. The number of carbonyl (C=O) groups is 1. The highest BCUT2D eigenvalue weighted by Crippen LogP contribution is 2.44. The van der Waals surface area contributed by atoms with Gasteiger partial charge in [-0.1, -0.05) is 19.3 Å². The summed E-state index contributed by atoms with van der Waals surface area (Å²) in [6.07, 6.45) is 11.5. The first kappa shape index (κ1) is 13.6. The molecule has 1 aliphatic heterocycles. The van der Waals surface area contributed by atoms with Gasteiger partial charge in [0.05, 0.1) is 0 Å². The van der Waals surface area contributed by atoms with E-state index in [4.69, 9.17) is 0 Å². The fraction of sp³-hybridized carbons (Fsp3) is 0.647. The van der Waals surface area contributed by atoms with Crippen molar-refractivity contribution in [3.63, 3.8) is 0 Å². The number of hydrogen-bond donors (Lipinski definition) is 0. The Morgan fingerprint density at radius 3 is 2.35 bits per heavy atom. The van der Waals surface area contributed by atoms with Crippen LogP contribution in [-0.4, -0.2) is 23.9 Å². The summed E-state index contributed by atoms with van der Waals surface area (Å²) in [4.78, 5) is 18.1. The number of aromatic nitrogens is 1. The van der Waals surface area contributed by atoms with Gasteiger partial charge < -0.3 is 4.90 Å². The van der Waals surface area contributed by atoms with Crippen LogP contribution in [0.2, 0.25) is 0 Å². The molecule has 0 unspecified atom stereocenters. The Labute approximate surface area is 121 Å². The van der Waals surface area contributed by atoms with Gasteiger partial charge in [0.15, 0.2) is 5.78 Å². The molecule has 2 fully saturated rings. The first-order valence-corrected chi connectivity index (χ1v) is 7.91. The summed E-state index contributed by atoms with van der Waals surface area (Å²) in [5, 5.41) is 0. The van der Waals surface area contributed by atoms with Crippen LogP contribution in [0.3, 0.4) is 0 Å². The van der Waals surface area contributed by atoms with Gasteiger partial charge in [-0.15, -0.1) is 0 Å². The molecule has 3 heteroatoms. The van der Waals surface area contributed by atoms with E-state index in [1.54, 1.807) is 13.1 Å². The molecule has 1 spiro atoms. The fourth-order valence-corrected chi connectivity index (χ4v) is 3.79. The molecule has 1 aromatic heterocycles. The number of ketones is 1. The Hall–Kier alpha value is -1.38. The van der Waals surface area contributed by atoms with Gasteiger partial charge in [-0.3, -0.25) is 4.79 Å². The van der Waals surface area contributed by atoms with E-state index in [2.05, 4.69) is 9.88 Å². The zero-order valence-corrected chi connectivity index (χ0v) is 12.4. The highest BCUT2D eigenvalue weighted by atomic mass is 16.1. The average Bonchev–Trinajstić information content (AvgIpc) is 2.49. The summed E-state index contributed by atoms with van der Waals surface area (Å²) in [5.41, 5.74) is 1.34. The third-order valence-electron chi connectivity index (χ3n) is 5.22. The number of pyridine rings is 1. The minimum Gasteiger partial charge on any atom is -0.357 e. The molecule has 2 heterocycles. The summed E-state index contributed by atoms with van der Waals surface area (Å²) in [7, 11) is 0. The molecule has 20 heavy (non-hydrogen) atoms. The van der Waals surface area contributed by atoms with E-state index in [-0.39, 0.29) is 5.78 Å². The lowest BCUT2D eigenvalue weighted by Crippen LogP contribution is -2.41. The molecule has 0 amide bonds. The van der Waals surface area contributed by atoms with E-state index < -0.39 is 0 Å². The molecule has 1 aromatic rings. The van der Waals surface area contributed by atoms with E-state index >= 15 is 0 Å². The summed E-state index contributed by atoms with van der Waals surface area (Å²) >= 11 is 0. The molecule has 0 bridgehead atoms. The standard InChI is InChI=1S/C17H24N2O/c1-14(20)15-5-6-16(18-13-15)19-11-9-17(10-12-19)7-3-2-4-8-17/h5-6,13H,2-4,7-12H2,1H3. The van der Waals surface area contributed by atoms with E-state index in [0.29, 0.717) is 11.0 Å². The lowest BCUT2D eigenvalue weighted by Gasteiger charge is -2.44. The molecule has 1 aliphatic carbocycles. The maximum Gasteiger partial charge on any atom is 0.161 e. The molecular formula is C17H24N2O. The lowest BCUT2D eigenvalue weighted by molar-refractivity contribution is 0.101. The largest absolute Gasteiger partial charge is 0.357 e. The minimum absolute atomic E-state index is 0.0869. The van der Waals surface area contributed by atoms with Crippen LogP contribution in [0, 0.1) is 5.41 Å². The van der Waals surface area contributed by atoms with Gasteiger partial charge in [-0.25, -0.2) is 4.98 Å². The highest BCUT2D eigenvalue weighted by Gasteiger charge is 2.35. The van der Waals surface area contributed by atoms with Crippen molar-refractivity contribution < 1.29 is 4.79 Å². The normalized spacial score (nSPS) is 21.9. The zero-order chi connectivity index (χ0) is 14.0. The zero-order valence-electron chi connectivity index (χ0n) is 12.4. The molecule has 1 saturated carbocycles. The van der Waals surface area contributed by atoms with Crippen LogP contribution in [0.5, 0.6) is 0 Å². The molecule has 0 N–H and O–H groups in total. The summed E-state index contributed by atoms with van der Waals surface area (Å²) in [6, 6.07) is 3.89. The van der Waals surface area contributed by atoms with Crippen molar-refractivity contribution in [2.24, 2.45) is 5.41 Å². The Morgan fingerprint density at radius 2 is 1.80 bits per heavy atom. The van der Waals surface area contributed by atoms with Crippen LogP contribution in [0.25, 0.3) is 0 Å². The van der Waals surface area contributed by atoms with Gasteiger partial charge in [0.1, 0.15) is 5.82 Å². The predicted octanol–water partition coefficient (Wildman–Crippen LogP) is 3.83. The van der Waals surface area contributed by atoms with Crippen molar-refractivity contribution in [2.75, 3.05) is 18.0 Å². The van der Waals surface area contributed by atoms with Crippen LogP contribution in [0.4, 0.5) is 5.82 Å². The molecule has 0 aromatic carbocycles. The van der Waals surface area contributed by atoms with Crippen molar-refractivity contribution >= 4 is 11.6 Å². The van der Waals surface area contributed by atoms with Crippen LogP contribution in [0.15, 0.2) is 18.3 Å². The Bertz CT molecular complexity index is 464. The first-order valence-electron chi connectivity index (χ1n) is 7.91. The summed E-state index contributed by atoms with van der Waals surface area (Å²) in [5.74, 6) is 1.12. The molecule has 3 nitrogen and oxygen atoms in total. The number of nitrogens with zero attached hydrogens (tertiary/aromatic N) is 2. The number of piperidine rings is 1. The number of anilines is 1. The molecule has 108 valence electrons. The fourth-order valence-electron chi connectivity index (χ4n) is 3.79. The third-order valence-corrected chi connectivity index (χ3v) is 5.22. The van der Waals surface area contributed by atoms with Crippen molar-refractivity contribution in [3.8, 4) is 0 Å². The molecular weight excluding hydrogens is 248 g/mol. The van der Waals surface area contributed by atoms with Crippen LogP contribution < -0.4 is 4.90 Å². The van der Waals surface area contributed by atoms with Crippen LogP contribution in [0.1, 0.15) is 62.2 Å². The summed E-state index contributed by atoms with van der Waals surface area (Å²) < 4.78 is 0. The van der Waals surface area contributed by atoms with Crippen molar-refractivity contribution in [3.05, 3.63) is 23.9 Å². The molecule has 3 rings (SSSR count). The van der Waals surface area contributed by atoms with Gasteiger partial charge in [-0.05, 0) is 50.2 Å². The van der Waals surface area contributed by atoms with Crippen molar-refractivity contribution in [2.45, 2.75) is 51.9 Å².